The molecule has 1 atom stereocenters. The van der Waals surface area contributed by atoms with Crippen LogP contribution in [-0.2, 0) is 6.54 Å². The van der Waals surface area contributed by atoms with Crippen LogP contribution in [0.15, 0.2) is 24.3 Å². The Morgan fingerprint density at radius 3 is 2.94 bits per heavy atom. The van der Waals surface area contributed by atoms with Crippen molar-refractivity contribution in [3.63, 3.8) is 0 Å². The molecule has 0 saturated carbocycles. The highest BCUT2D eigenvalue weighted by Gasteiger charge is 2.33. The average molecular weight is 243 g/mol. The van der Waals surface area contributed by atoms with E-state index in [0.717, 1.165) is 31.2 Å². The Labute approximate surface area is 106 Å². The number of rotatable bonds is 1. The summed E-state index contributed by atoms with van der Waals surface area (Å²) in [6.07, 6.45) is 2.75. The normalized spacial score (nSPS) is 24.1. The van der Waals surface area contributed by atoms with Gasteiger partial charge in [-0.1, -0.05) is 12.1 Å². The lowest BCUT2D eigenvalue weighted by Gasteiger charge is -2.26. The minimum Gasteiger partial charge on any atom is -0.459 e. The van der Waals surface area contributed by atoms with E-state index in [1.807, 2.05) is 12.1 Å². The molecule has 1 N–H and O–H groups in total. The number of nitrogens with one attached hydrogen (secondary N) is 1. The number of para-hydroxylation sites is 2. The Morgan fingerprint density at radius 2 is 2.06 bits per heavy atom. The van der Waals surface area contributed by atoms with Crippen LogP contribution in [0.4, 0.5) is 0 Å². The van der Waals surface area contributed by atoms with E-state index in [1.54, 1.807) is 0 Å². The van der Waals surface area contributed by atoms with Crippen LogP contribution in [0, 0.1) is 5.92 Å². The summed E-state index contributed by atoms with van der Waals surface area (Å²) in [6, 6.07) is 9.06. The summed E-state index contributed by atoms with van der Waals surface area (Å²) in [4.78, 5) is 4.56. The van der Waals surface area contributed by atoms with Gasteiger partial charge in [-0.3, -0.25) is 4.57 Å². The second-order valence-electron chi connectivity index (χ2n) is 5.24. The van der Waals surface area contributed by atoms with Gasteiger partial charge in [0.15, 0.2) is 0 Å². The maximum Gasteiger partial charge on any atom is 0.297 e. The lowest BCUT2D eigenvalue weighted by atomic mass is 9.92. The highest BCUT2D eigenvalue weighted by Crippen LogP contribution is 2.32. The number of hydrogen-bond acceptors (Lipinski definition) is 3. The fraction of sp³-hybridized carbons (Fsp3) is 0.500. The van der Waals surface area contributed by atoms with Crippen molar-refractivity contribution in [2.24, 2.45) is 5.92 Å². The van der Waals surface area contributed by atoms with Crippen molar-refractivity contribution in [3.8, 4) is 6.01 Å². The number of hydrogen-bond donors (Lipinski definition) is 1. The van der Waals surface area contributed by atoms with Crippen molar-refractivity contribution in [2.45, 2.75) is 25.5 Å². The summed E-state index contributed by atoms with van der Waals surface area (Å²) in [5, 5.41) is 3.40. The fourth-order valence-corrected chi connectivity index (χ4v) is 3.13. The molecule has 4 heteroatoms. The molecular weight excluding hydrogens is 226 g/mol. The Hall–Kier alpha value is -1.55. The first-order valence-corrected chi connectivity index (χ1v) is 6.74. The molecule has 0 aliphatic carbocycles. The SMILES string of the molecule is c1ccc2c(c1)nc1n2CC(C2CCNCC2)O1. The van der Waals surface area contributed by atoms with E-state index in [-0.39, 0.29) is 0 Å². The zero-order chi connectivity index (χ0) is 11.9. The Bertz CT molecular complexity index is 571. The van der Waals surface area contributed by atoms with Gasteiger partial charge in [0, 0.05) is 5.92 Å². The van der Waals surface area contributed by atoms with Gasteiger partial charge in [0.2, 0.25) is 0 Å². The van der Waals surface area contributed by atoms with Crippen molar-refractivity contribution >= 4 is 11.0 Å². The van der Waals surface area contributed by atoms with Gasteiger partial charge < -0.3 is 10.1 Å². The second-order valence-corrected chi connectivity index (χ2v) is 5.24. The largest absolute Gasteiger partial charge is 0.459 e. The van der Waals surface area contributed by atoms with E-state index < -0.39 is 0 Å². The summed E-state index contributed by atoms with van der Waals surface area (Å²) in [6.45, 7) is 3.20. The first kappa shape index (κ1) is 10.4. The topological polar surface area (TPSA) is 39.1 Å². The Kier molecular flexibility index (Phi) is 2.30. The average Bonchev–Trinajstić information content (AvgIpc) is 2.97. The third kappa shape index (κ3) is 1.52. The number of benzene rings is 1. The van der Waals surface area contributed by atoms with Crippen molar-refractivity contribution in [1.82, 2.24) is 14.9 Å². The van der Waals surface area contributed by atoms with Gasteiger partial charge in [0.1, 0.15) is 6.10 Å². The summed E-state index contributed by atoms with van der Waals surface area (Å²) in [7, 11) is 0. The van der Waals surface area contributed by atoms with Crippen LogP contribution in [0.25, 0.3) is 11.0 Å². The number of ether oxygens (including phenoxy) is 1. The third-order valence-electron chi connectivity index (χ3n) is 4.15. The standard InChI is InChI=1S/C14H17N3O/c1-2-4-12-11(3-1)16-14-17(12)9-13(18-14)10-5-7-15-8-6-10/h1-4,10,13,15H,5-9H2. The van der Waals surface area contributed by atoms with Gasteiger partial charge >= 0.3 is 0 Å². The number of fused-ring (bicyclic) bond motifs is 3. The van der Waals surface area contributed by atoms with Gasteiger partial charge in [-0.15, -0.1) is 0 Å². The highest BCUT2D eigenvalue weighted by molar-refractivity contribution is 5.76. The molecule has 0 bridgehead atoms. The maximum absolute atomic E-state index is 6.06. The molecule has 2 aromatic rings. The molecule has 18 heavy (non-hydrogen) atoms. The van der Waals surface area contributed by atoms with E-state index >= 15 is 0 Å². The highest BCUT2D eigenvalue weighted by atomic mass is 16.5. The minimum absolute atomic E-state index is 0.319. The molecule has 4 nitrogen and oxygen atoms in total. The zero-order valence-electron chi connectivity index (χ0n) is 10.3. The van der Waals surface area contributed by atoms with Gasteiger partial charge in [0.25, 0.3) is 6.01 Å². The first-order valence-electron chi connectivity index (χ1n) is 6.74. The minimum atomic E-state index is 0.319. The maximum atomic E-state index is 6.06. The molecular formula is C14H17N3O. The smallest absolute Gasteiger partial charge is 0.297 e. The van der Waals surface area contributed by atoms with Gasteiger partial charge in [-0.05, 0) is 38.1 Å². The van der Waals surface area contributed by atoms with Crippen LogP contribution < -0.4 is 10.1 Å². The van der Waals surface area contributed by atoms with E-state index in [0.29, 0.717) is 12.0 Å². The molecule has 1 aromatic carbocycles. The van der Waals surface area contributed by atoms with Crippen LogP contribution in [-0.4, -0.2) is 28.7 Å². The van der Waals surface area contributed by atoms with Crippen molar-refractivity contribution in [2.75, 3.05) is 13.1 Å². The molecule has 0 spiro atoms. The number of aromatic nitrogens is 2. The third-order valence-corrected chi connectivity index (χ3v) is 4.15. The zero-order valence-corrected chi connectivity index (χ0v) is 10.3. The molecule has 1 saturated heterocycles. The molecule has 1 fully saturated rings. The quantitative estimate of drug-likeness (QED) is 0.830. The second kappa shape index (κ2) is 3.99. The van der Waals surface area contributed by atoms with E-state index in [4.69, 9.17) is 4.74 Å². The molecule has 2 aliphatic rings. The van der Waals surface area contributed by atoms with Crippen LogP contribution in [0.5, 0.6) is 6.01 Å². The molecule has 2 aliphatic heterocycles. The Balaban J connectivity index is 1.63. The number of piperidine rings is 1. The molecule has 1 aromatic heterocycles. The molecule has 4 rings (SSSR count). The summed E-state index contributed by atoms with van der Waals surface area (Å²) >= 11 is 0. The fourth-order valence-electron chi connectivity index (χ4n) is 3.13. The van der Waals surface area contributed by atoms with Crippen molar-refractivity contribution in [3.05, 3.63) is 24.3 Å². The van der Waals surface area contributed by atoms with Gasteiger partial charge in [-0.2, -0.15) is 4.98 Å². The predicted molar refractivity (Wildman–Crippen MR) is 69.7 cm³/mol. The lowest BCUT2D eigenvalue weighted by molar-refractivity contribution is 0.128. The summed E-state index contributed by atoms with van der Waals surface area (Å²) in [5.41, 5.74) is 2.24. The van der Waals surface area contributed by atoms with Crippen LogP contribution in [0.2, 0.25) is 0 Å². The van der Waals surface area contributed by atoms with E-state index in [9.17, 15) is 0 Å². The monoisotopic (exact) mass is 243 g/mol. The van der Waals surface area contributed by atoms with Gasteiger partial charge in [0.05, 0.1) is 17.6 Å². The molecule has 3 heterocycles. The molecule has 0 amide bonds. The summed E-state index contributed by atoms with van der Waals surface area (Å²) in [5.74, 6) is 0.673. The predicted octanol–water partition coefficient (Wildman–Crippen LogP) is 1.80. The van der Waals surface area contributed by atoms with Crippen LogP contribution in [0.1, 0.15) is 12.8 Å². The Morgan fingerprint density at radius 1 is 1.22 bits per heavy atom. The first-order chi connectivity index (χ1) is 8.92. The number of nitrogens with zero attached hydrogens (tertiary/aromatic N) is 2. The van der Waals surface area contributed by atoms with Gasteiger partial charge in [-0.25, -0.2) is 0 Å². The van der Waals surface area contributed by atoms with Crippen LogP contribution in [0.3, 0.4) is 0 Å². The van der Waals surface area contributed by atoms with Crippen molar-refractivity contribution < 1.29 is 4.74 Å². The lowest BCUT2D eigenvalue weighted by Crippen LogP contribution is -2.36. The van der Waals surface area contributed by atoms with E-state index in [1.165, 1.54) is 18.4 Å². The van der Waals surface area contributed by atoms with Crippen LogP contribution >= 0.6 is 0 Å². The summed E-state index contributed by atoms with van der Waals surface area (Å²) < 4.78 is 8.28. The molecule has 1 unspecified atom stereocenters. The van der Waals surface area contributed by atoms with Crippen molar-refractivity contribution in [1.29, 1.82) is 0 Å². The number of imidazole rings is 1. The molecule has 94 valence electrons. The molecule has 0 radical (unpaired) electrons. The van der Waals surface area contributed by atoms with E-state index in [2.05, 4.69) is 27.0 Å².